The Morgan fingerprint density at radius 3 is 2.53 bits per heavy atom. The summed E-state index contributed by atoms with van der Waals surface area (Å²) in [6.45, 7) is 2.65. The number of carbonyl (C=O) groups is 2. The summed E-state index contributed by atoms with van der Waals surface area (Å²) in [4.78, 5) is 23.7. The first-order chi connectivity index (χ1) is 7.13. The predicted octanol–water partition coefficient (Wildman–Crippen LogP) is -0.256. The minimum atomic E-state index is -0.597. The van der Waals surface area contributed by atoms with Gasteiger partial charge in [-0.3, -0.25) is 9.59 Å². The van der Waals surface area contributed by atoms with Crippen molar-refractivity contribution >= 4 is 11.8 Å². The number of rotatable bonds is 6. The summed E-state index contributed by atoms with van der Waals surface area (Å²) >= 11 is 0. The Bertz CT molecular complexity index is 207. The molecule has 2 amide bonds. The van der Waals surface area contributed by atoms with Crippen molar-refractivity contribution < 1.29 is 14.7 Å². The van der Waals surface area contributed by atoms with Crippen LogP contribution >= 0.6 is 0 Å². The predicted molar refractivity (Wildman–Crippen MR) is 57.3 cm³/mol. The van der Waals surface area contributed by atoms with Crippen LogP contribution in [0.5, 0.6) is 0 Å². The van der Waals surface area contributed by atoms with Gasteiger partial charge in [-0.2, -0.15) is 0 Å². The molecule has 0 spiro atoms. The highest BCUT2D eigenvalue weighted by molar-refractivity contribution is 6.34. The van der Waals surface area contributed by atoms with Gasteiger partial charge in [0.05, 0.1) is 6.61 Å². The molecular formula is C10H20N2O3. The van der Waals surface area contributed by atoms with Gasteiger partial charge < -0.3 is 15.3 Å². The van der Waals surface area contributed by atoms with E-state index in [2.05, 4.69) is 12.2 Å². The highest BCUT2D eigenvalue weighted by atomic mass is 16.3. The molecule has 0 aliphatic rings. The van der Waals surface area contributed by atoms with Crippen molar-refractivity contribution in [3.05, 3.63) is 0 Å². The Balaban J connectivity index is 3.74. The van der Waals surface area contributed by atoms with Crippen LogP contribution in [0.15, 0.2) is 0 Å². The van der Waals surface area contributed by atoms with Crippen LogP contribution in [-0.4, -0.2) is 48.6 Å². The molecule has 0 unspecified atom stereocenters. The fourth-order valence-electron chi connectivity index (χ4n) is 1.08. The van der Waals surface area contributed by atoms with Crippen molar-refractivity contribution in [1.29, 1.82) is 0 Å². The van der Waals surface area contributed by atoms with Crippen molar-refractivity contribution in [3.8, 4) is 0 Å². The Morgan fingerprint density at radius 2 is 2.00 bits per heavy atom. The number of hydrogen-bond donors (Lipinski definition) is 2. The molecular weight excluding hydrogens is 196 g/mol. The normalized spacial score (nSPS) is 9.80. The lowest BCUT2D eigenvalue weighted by Gasteiger charge is -2.14. The van der Waals surface area contributed by atoms with Crippen molar-refractivity contribution in [2.75, 3.05) is 26.7 Å². The van der Waals surface area contributed by atoms with E-state index in [-0.39, 0.29) is 13.2 Å². The van der Waals surface area contributed by atoms with Gasteiger partial charge in [0.1, 0.15) is 0 Å². The minimum absolute atomic E-state index is 0.134. The van der Waals surface area contributed by atoms with Crippen LogP contribution in [0.3, 0.4) is 0 Å². The number of nitrogens with one attached hydrogen (secondary N) is 1. The molecule has 15 heavy (non-hydrogen) atoms. The molecule has 0 aromatic carbocycles. The molecule has 0 aliphatic carbocycles. The second-order valence-corrected chi connectivity index (χ2v) is 3.41. The highest BCUT2D eigenvalue weighted by Crippen LogP contribution is 1.91. The van der Waals surface area contributed by atoms with Gasteiger partial charge in [0.15, 0.2) is 0 Å². The van der Waals surface area contributed by atoms with Gasteiger partial charge >= 0.3 is 11.8 Å². The smallest absolute Gasteiger partial charge is 0.311 e. The molecule has 0 radical (unpaired) electrons. The Labute approximate surface area is 90.5 Å². The van der Waals surface area contributed by atoms with Crippen molar-refractivity contribution in [3.63, 3.8) is 0 Å². The van der Waals surface area contributed by atoms with Gasteiger partial charge in [-0.1, -0.05) is 19.8 Å². The average molecular weight is 216 g/mol. The fraction of sp³-hybridized carbons (Fsp3) is 0.800. The van der Waals surface area contributed by atoms with E-state index in [4.69, 9.17) is 5.11 Å². The van der Waals surface area contributed by atoms with Gasteiger partial charge in [-0.15, -0.1) is 0 Å². The zero-order valence-corrected chi connectivity index (χ0v) is 9.45. The number of amides is 2. The van der Waals surface area contributed by atoms with Crippen molar-refractivity contribution in [1.82, 2.24) is 10.2 Å². The number of carbonyl (C=O) groups excluding carboxylic acids is 2. The van der Waals surface area contributed by atoms with E-state index in [0.717, 1.165) is 19.3 Å². The van der Waals surface area contributed by atoms with Gasteiger partial charge in [-0.05, 0) is 6.42 Å². The van der Waals surface area contributed by atoms with Gasteiger partial charge in [0, 0.05) is 20.1 Å². The lowest BCUT2D eigenvalue weighted by molar-refractivity contribution is -0.145. The van der Waals surface area contributed by atoms with Crippen LogP contribution < -0.4 is 5.32 Å². The van der Waals surface area contributed by atoms with Crippen LogP contribution in [0.25, 0.3) is 0 Å². The number of hydrogen-bond acceptors (Lipinski definition) is 3. The summed E-state index contributed by atoms with van der Waals surface area (Å²) in [5.74, 6) is -1.19. The van der Waals surface area contributed by atoms with Crippen LogP contribution in [0, 0.1) is 0 Å². The molecule has 2 N–H and O–H groups in total. The van der Waals surface area contributed by atoms with Gasteiger partial charge in [0.2, 0.25) is 0 Å². The molecule has 0 fully saturated rings. The third kappa shape index (κ3) is 6.06. The summed E-state index contributed by atoms with van der Waals surface area (Å²) < 4.78 is 0. The van der Waals surface area contributed by atoms with E-state index < -0.39 is 11.8 Å². The standard InChI is InChI=1S/C10H20N2O3/c1-3-4-5-6-11-9(14)10(15)12(2)7-8-13/h13H,3-8H2,1-2H3,(H,11,14). The Kier molecular flexibility index (Phi) is 7.62. The topological polar surface area (TPSA) is 69.6 Å². The zero-order valence-electron chi connectivity index (χ0n) is 9.45. The van der Waals surface area contributed by atoms with E-state index >= 15 is 0 Å². The van der Waals surface area contributed by atoms with Gasteiger partial charge in [0.25, 0.3) is 0 Å². The van der Waals surface area contributed by atoms with E-state index in [9.17, 15) is 9.59 Å². The molecule has 0 rings (SSSR count). The lowest BCUT2D eigenvalue weighted by atomic mass is 10.2. The highest BCUT2D eigenvalue weighted by Gasteiger charge is 2.16. The summed E-state index contributed by atoms with van der Waals surface area (Å²) in [6, 6.07) is 0. The van der Waals surface area contributed by atoms with Gasteiger partial charge in [-0.25, -0.2) is 0 Å². The minimum Gasteiger partial charge on any atom is -0.395 e. The second-order valence-electron chi connectivity index (χ2n) is 3.41. The molecule has 0 heterocycles. The van der Waals surface area contributed by atoms with E-state index in [0.29, 0.717) is 6.54 Å². The molecule has 0 atom stereocenters. The quantitative estimate of drug-likeness (QED) is 0.475. The molecule has 0 saturated carbocycles. The summed E-state index contributed by atoms with van der Waals surface area (Å²) in [5, 5.41) is 11.1. The lowest BCUT2D eigenvalue weighted by Crippen LogP contribution is -2.42. The number of aliphatic hydroxyl groups excluding tert-OH is 1. The maximum Gasteiger partial charge on any atom is 0.311 e. The first-order valence-corrected chi connectivity index (χ1v) is 5.27. The molecule has 0 aromatic heterocycles. The molecule has 5 heteroatoms. The summed E-state index contributed by atoms with van der Waals surface area (Å²) in [7, 11) is 1.49. The van der Waals surface area contributed by atoms with Crippen LogP contribution in [0.2, 0.25) is 0 Å². The number of nitrogens with zero attached hydrogens (tertiary/aromatic N) is 1. The molecule has 5 nitrogen and oxygen atoms in total. The first kappa shape index (κ1) is 13.9. The van der Waals surface area contributed by atoms with E-state index in [1.807, 2.05) is 0 Å². The average Bonchev–Trinajstić information content (AvgIpc) is 2.23. The largest absolute Gasteiger partial charge is 0.395 e. The maximum absolute atomic E-state index is 11.3. The number of aliphatic hydroxyl groups is 1. The maximum atomic E-state index is 11.3. The van der Waals surface area contributed by atoms with Crippen molar-refractivity contribution in [2.24, 2.45) is 0 Å². The van der Waals surface area contributed by atoms with Crippen molar-refractivity contribution in [2.45, 2.75) is 26.2 Å². The molecule has 0 aromatic rings. The summed E-state index contributed by atoms with van der Waals surface area (Å²) in [6.07, 6.45) is 3.01. The van der Waals surface area contributed by atoms with E-state index in [1.165, 1.54) is 11.9 Å². The first-order valence-electron chi connectivity index (χ1n) is 5.27. The van der Waals surface area contributed by atoms with Crippen LogP contribution in [0.1, 0.15) is 26.2 Å². The number of likely N-dealkylation sites (N-methyl/N-ethyl adjacent to an activating group) is 1. The molecule has 0 bridgehead atoms. The molecule has 0 aliphatic heterocycles. The third-order valence-corrected chi connectivity index (χ3v) is 2.04. The SMILES string of the molecule is CCCCCNC(=O)C(=O)N(C)CCO. The summed E-state index contributed by atoms with van der Waals surface area (Å²) in [5.41, 5.74) is 0. The van der Waals surface area contributed by atoms with Crippen LogP contribution in [0.4, 0.5) is 0 Å². The Morgan fingerprint density at radius 1 is 1.33 bits per heavy atom. The Hall–Kier alpha value is -1.10. The fourth-order valence-corrected chi connectivity index (χ4v) is 1.08. The third-order valence-electron chi connectivity index (χ3n) is 2.04. The van der Waals surface area contributed by atoms with E-state index in [1.54, 1.807) is 0 Å². The monoisotopic (exact) mass is 216 g/mol. The molecule has 88 valence electrons. The number of unbranched alkanes of at least 4 members (excludes halogenated alkanes) is 2. The second kappa shape index (κ2) is 8.23. The van der Waals surface area contributed by atoms with Crippen LogP contribution in [-0.2, 0) is 9.59 Å². The zero-order chi connectivity index (χ0) is 11.7. The molecule has 0 saturated heterocycles.